The number of aromatic nitrogens is 2. The maximum Gasteiger partial charge on any atom is 0.244 e. The molecule has 0 fully saturated rings. The molecular weight excluding hydrogens is 392 g/mol. The van der Waals surface area contributed by atoms with Crippen molar-refractivity contribution in [3.05, 3.63) is 96.3 Å². The molecule has 156 valence electrons. The number of primary amides is 1. The van der Waals surface area contributed by atoms with E-state index in [0.717, 1.165) is 11.0 Å². The highest BCUT2D eigenvalue weighted by molar-refractivity contribution is 5.88. The zero-order valence-corrected chi connectivity index (χ0v) is 16.8. The molecule has 0 aliphatic carbocycles. The molecule has 31 heavy (non-hydrogen) atoms. The van der Waals surface area contributed by atoms with Crippen LogP contribution < -0.4 is 15.8 Å². The van der Waals surface area contributed by atoms with Crippen molar-refractivity contribution in [1.29, 1.82) is 0 Å². The van der Waals surface area contributed by atoms with Gasteiger partial charge in [0.2, 0.25) is 11.8 Å². The zero-order chi connectivity index (χ0) is 21.6. The van der Waals surface area contributed by atoms with E-state index in [1.165, 1.54) is 0 Å². The van der Waals surface area contributed by atoms with Crippen molar-refractivity contribution in [3.8, 4) is 5.75 Å². The van der Waals surface area contributed by atoms with Crippen molar-refractivity contribution in [2.24, 2.45) is 5.73 Å². The highest BCUT2D eigenvalue weighted by atomic mass is 16.5. The lowest BCUT2D eigenvalue weighted by molar-refractivity contribution is -0.127. The third kappa shape index (κ3) is 4.72. The Labute approximate surface area is 179 Å². The molecule has 1 heterocycles. The molecule has 1 aromatic heterocycles. The van der Waals surface area contributed by atoms with Crippen LogP contribution in [0.1, 0.15) is 17.4 Å². The van der Waals surface area contributed by atoms with E-state index < -0.39 is 11.9 Å². The van der Waals surface area contributed by atoms with Gasteiger partial charge in [0, 0.05) is 0 Å². The molecule has 3 N–H and O–H groups in total. The summed E-state index contributed by atoms with van der Waals surface area (Å²) in [6.45, 7) is 0.175. The van der Waals surface area contributed by atoms with Crippen molar-refractivity contribution in [3.63, 3.8) is 0 Å². The number of carbonyl (C=O) groups is 2. The lowest BCUT2D eigenvalue weighted by atomic mass is 10.1. The third-order valence-electron chi connectivity index (χ3n) is 4.87. The molecule has 0 aliphatic heterocycles. The van der Waals surface area contributed by atoms with Gasteiger partial charge in [0.1, 0.15) is 30.8 Å². The van der Waals surface area contributed by atoms with Crippen LogP contribution in [0.25, 0.3) is 11.0 Å². The van der Waals surface area contributed by atoms with Gasteiger partial charge in [0.05, 0.1) is 11.0 Å². The van der Waals surface area contributed by atoms with Crippen LogP contribution in [-0.4, -0.2) is 21.4 Å². The van der Waals surface area contributed by atoms with Gasteiger partial charge >= 0.3 is 0 Å². The van der Waals surface area contributed by atoms with E-state index in [-0.39, 0.29) is 19.1 Å². The molecular formula is C24H22N4O3. The van der Waals surface area contributed by atoms with E-state index in [0.29, 0.717) is 17.1 Å². The Hall–Kier alpha value is -4.13. The summed E-state index contributed by atoms with van der Waals surface area (Å²) in [6.07, 6.45) is 0. The topological polar surface area (TPSA) is 99.2 Å². The molecule has 0 radical (unpaired) electrons. The Kier molecular flexibility index (Phi) is 5.93. The lowest BCUT2D eigenvalue weighted by Crippen LogP contribution is -2.39. The number of imidazole rings is 1. The number of benzene rings is 3. The molecule has 4 rings (SSSR count). The van der Waals surface area contributed by atoms with Gasteiger partial charge in [0.15, 0.2) is 0 Å². The summed E-state index contributed by atoms with van der Waals surface area (Å²) in [4.78, 5) is 29.4. The van der Waals surface area contributed by atoms with Crippen LogP contribution in [0.3, 0.4) is 0 Å². The second-order valence-corrected chi connectivity index (χ2v) is 7.02. The molecule has 0 saturated heterocycles. The van der Waals surface area contributed by atoms with Crippen LogP contribution >= 0.6 is 0 Å². The number of rotatable bonds is 8. The number of hydrogen-bond donors (Lipinski definition) is 2. The quantitative estimate of drug-likeness (QED) is 0.463. The predicted molar refractivity (Wildman–Crippen MR) is 117 cm³/mol. The largest absolute Gasteiger partial charge is 0.486 e. The second-order valence-electron chi connectivity index (χ2n) is 7.02. The minimum atomic E-state index is -0.910. The summed E-state index contributed by atoms with van der Waals surface area (Å²) in [5.74, 6) is 0.346. The van der Waals surface area contributed by atoms with E-state index >= 15 is 0 Å². The second kappa shape index (κ2) is 9.13. The van der Waals surface area contributed by atoms with Crippen LogP contribution in [0.5, 0.6) is 5.75 Å². The maximum atomic E-state index is 12.9. The molecule has 7 heteroatoms. The Balaban J connectivity index is 1.56. The van der Waals surface area contributed by atoms with Gasteiger partial charge in [-0.3, -0.25) is 9.59 Å². The summed E-state index contributed by atoms with van der Waals surface area (Å²) in [7, 11) is 0. The monoisotopic (exact) mass is 414 g/mol. The fourth-order valence-electron chi connectivity index (χ4n) is 3.39. The summed E-state index contributed by atoms with van der Waals surface area (Å²) >= 11 is 0. The number of ether oxygens (including phenoxy) is 1. The van der Waals surface area contributed by atoms with Crippen molar-refractivity contribution in [1.82, 2.24) is 14.9 Å². The van der Waals surface area contributed by atoms with E-state index in [9.17, 15) is 9.59 Å². The first-order chi connectivity index (χ1) is 15.1. The van der Waals surface area contributed by atoms with Crippen LogP contribution in [0, 0.1) is 0 Å². The molecule has 1 atom stereocenters. The summed E-state index contributed by atoms with van der Waals surface area (Å²) < 4.78 is 7.63. The Bertz CT molecular complexity index is 1190. The van der Waals surface area contributed by atoms with Gasteiger partial charge in [-0.05, 0) is 29.8 Å². The molecule has 0 spiro atoms. The molecule has 0 bridgehead atoms. The normalized spacial score (nSPS) is 11.7. The van der Waals surface area contributed by atoms with E-state index in [1.807, 2.05) is 60.7 Å². The van der Waals surface area contributed by atoms with Crippen molar-refractivity contribution in [2.75, 3.05) is 0 Å². The minimum Gasteiger partial charge on any atom is -0.486 e. The molecule has 4 aromatic rings. The van der Waals surface area contributed by atoms with Crippen molar-refractivity contribution < 1.29 is 14.3 Å². The summed E-state index contributed by atoms with van der Waals surface area (Å²) in [5, 5.41) is 2.73. The molecule has 0 aliphatic rings. The van der Waals surface area contributed by atoms with Gasteiger partial charge in [-0.2, -0.15) is 0 Å². The fraction of sp³-hybridized carbons (Fsp3) is 0.125. The number of nitrogens with zero attached hydrogens (tertiary/aromatic N) is 2. The van der Waals surface area contributed by atoms with Gasteiger partial charge in [-0.25, -0.2) is 4.98 Å². The summed E-state index contributed by atoms with van der Waals surface area (Å²) in [5.41, 5.74) is 7.73. The number of para-hydroxylation sites is 3. The number of nitrogens with one attached hydrogen (secondary N) is 1. The average molecular weight is 414 g/mol. The molecule has 3 aromatic carbocycles. The van der Waals surface area contributed by atoms with Crippen molar-refractivity contribution >= 4 is 22.8 Å². The number of amides is 2. The number of carbonyl (C=O) groups excluding carboxylic acids is 2. The standard InChI is InChI=1S/C24H22N4O3/c25-24(30)23(17-9-3-1-4-10-17)27-22(29)15-28-20-14-8-7-13-19(20)26-21(28)16-31-18-11-5-2-6-12-18/h1-14,23H,15-16H2,(H2,25,30)(H,27,29). The predicted octanol–water partition coefficient (Wildman–Crippen LogP) is 2.96. The Morgan fingerprint density at radius 1 is 0.935 bits per heavy atom. The first kappa shape index (κ1) is 20.2. The SMILES string of the molecule is NC(=O)C(NC(=O)Cn1c(COc2ccccc2)nc2ccccc21)c1ccccc1. The summed E-state index contributed by atoms with van der Waals surface area (Å²) in [6, 6.07) is 25.0. The minimum absolute atomic E-state index is 0.0232. The molecule has 1 unspecified atom stereocenters. The molecule has 0 saturated carbocycles. The maximum absolute atomic E-state index is 12.9. The van der Waals surface area contributed by atoms with Gasteiger partial charge in [-0.1, -0.05) is 60.7 Å². The average Bonchev–Trinajstić information content (AvgIpc) is 3.14. The highest BCUT2D eigenvalue weighted by Gasteiger charge is 2.21. The zero-order valence-electron chi connectivity index (χ0n) is 16.8. The van der Waals surface area contributed by atoms with E-state index in [4.69, 9.17) is 10.5 Å². The number of nitrogens with two attached hydrogens (primary N) is 1. The van der Waals surface area contributed by atoms with E-state index in [2.05, 4.69) is 10.3 Å². The van der Waals surface area contributed by atoms with Gasteiger partial charge in [0.25, 0.3) is 0 Å². The van der Waals surface area contributed by atoms with Gasteiger partial charge < -0.3 is 20.4 Å². The van der Waals surface area contributed by atoms with Crippen molar-refractivity contribution in [2.45, 2.75) is 19.2 Å². The number of fused-ring (bicyclic) bond motifs is 1. The molecule has 2 amide bonds. The van der Waals surface area contributed by atoms with Crippen LogP contribution in [-0.2, 0) is 22.7 Å². The lowest BCUT2D eigenvalue weighted by Gasteiger charge is -2.17. The first-order valence-electron chi connectivity index (χ1n) is 9.87. The Morgan fingerprint density at radius 2 is 1.58 bits per heavy atom. The van der Waals surface area contributed by atoms with Crippen LogP contribution in [0.4, 0.5) is 0 Å². The van der Waals surface area contributed by atoms with Gasteiger partial charge in [-0.15, -0.1) is 0 Å². The third-order valence-corrected chi connectivity index (χ3v) is 4.87. The smallest absolute Gasteiger partial charge is 0.244 e. The van der Waals surface area contributed by atoms with E-state index in [1.54, 1.807) is 28.8 Å². The molecule has 7 nitrogen and oxygen atoms in total. The Morgan fingerprint density at radius 3 is 2.29 bits per heavy atom. The van der Waals surface area contributed by atoms with Crippen LogP contribution in [0.2, 0.25) is 0 Å². The first-order valence-corrected chi connectivity index (χ1v) is 9.87. The highest BCUT2D eigenvalue weighted by Crippen LogP contribution is 2.19. The number of hydrogen-bond acceptors (Lipinski definition) is 4. The fourth-order valence-corrected chi connectivity index (χ4v) is 3.39. The van der Waals surface area contributed by atoms with Crippen LogP contribution in [0.15, 0.2) is 84.9 Å².